The molecule has 9 heteroatoms. The van der Waals surface area contributed by atoms with Crippen molar-refractivity contribution in [2.24, 2.45) is 0 Å². The van der Waals surface area contributed by atoms with Crippen LogP contribution in [0, 0.1) is 0 Å². The Kier molecular flexibility index (Phi) is 6.68. The predicted octanol–water partition coefficient (Wildman–Crippen LogP) is 4.64. The average Bonchev–Trinajstić information content (AvgIpc) is 3.02. The molecule has 5 rings (SSSR count). The van der Waals surface area contributed by atoms with Crippen molar-refractivity contribution < 1.29 is 17.9 Å². The number of anilines is 3. The number of para-hydroxylation sites is 1. The second kappa shape index (κ2) is 9.76. The van der Waals surface area contributed by atoms with Crippen LogP contribution in [0.15, 0.2) is 65.6 Å². The SMILES string of the molecule is CN1C(=O)COc2ccc(S(=O)(=O)N(C)CCCN3c4ccccc4CCc4ccc(Cl)cc43)cc21. The number of halogens is 1. The summed E-state index contributed by atoms with van der Waals surface area (Å²) in [6, 6.07) is 19.0. The molecule has 2 aliphatic rings. The lowest BCUT2D eigenvalue weighted by atomic mass is 10.0. The van der Waals surface area contributed by atoms with Crippen LogP contribution in [0.1, 0.15) is 17.5 Å². The molecule has 0 radical (unpaired) electrons. The number of likely N-dealkylation sites (N-methyl/N-ethyl adjacent to an activating group) is 1. The second-order valence-electron chi connectivity index (χ2n) is 9.10. The fraction of sp³-hybridized carbons (Fsp3) is 0.296. The summed E-state index contributed by atoms with van der Waals surface area (Å²) in [4.78, 5) is 15.8. The Morgan fingerprint density at radius 3 is 2.53 bits per heavy atom. The molecule has 188 valence electrons. The van der Waals surface area contributed by atoms with E-state index in [1.807, 2.05) is 18.2 Å². The van der Waals surface area contributed by atoms with Crippen LogP contribution in [-0.2, 0) is 27.7 Å². The molecule has 3 aromatic carbocycles. The summed E-state index contributed by atoms with van der Waals surface area (Å²) in [7, 11) is -0.548. The van der Waals surface area contributed by atoms with Gasteiger partial charge in [-0.3, -0.25) is 4.79 Å². The van der Waals surface area contributed by atoms with Gasteiger partial charge in [-0.25, -0.2) is 12.7 Å². The van der Waals surface area contributed by atoms with E-state index in [0.29, 0.717) is 36.0 Å². The van der Waals surface area contributed by atoms with Crippen LogP contribution >= 0.6 is 11.6 Å². The van der Waals surface area contributed by atoms with Crippen molar-refractivity contribution in [3.05, 3.63) is 76.8 Å². The van der Waals surface area contributed by atoms with Gasteiger partial charge in [0.2, 0.25) is 10.0 Å². The zero-order valence-electron chi connectivity index (χ0n) is 20.3. The Morgan fingerprint density at radius 1 is 0.972 bits per heavy atom. The van der Waals surface area contributed by atoms with Crippen molar-refractivity contribution in [3.63, 3.8) is 0 Å². The third-order valence-electron chi connectivity index (χ3n) is 6.86. The molecule has 2 heterocycles. The number of rotatable bonds is 6. The summed E-state index contributed by atoms with van der Waals surface area (Å²) in [5.41, 5.74) is 5.15. The highest BCUT2D eigenvalue weighted by atomic mass is 35.5. The van der Waals surface area contributed by atoms with Gasteiger partial charge in [0.25, 0.3) is 5.91 Å². The first-order valence-corrected chi connectivity index (χ1v) is 13.7. The van der Waals surface area contributed by atoms with E-state index in [1.165, 1.54) is 32.5 Å². The highest BCUT2D eigenvalue weighted by Crippen LogP contribution is 2.38. The molecule has 0 aliphatic carbocycles. The molecule has 0 saturated heterocycles. The maximum absolute atomic E-state index is 13.3. The minimum Gasteiger partial charge on any atom is -0.482 e. The van der Waals surface area contributed by atoms with Gasteiger partial charge >= 0.3 is 0 Å². The molecule has 0 fully saturated rings. The molecule has 0 spiro atoms. The molecule has 0 atom stereocenters. The lowest BCUT2D eigenvalue weighted by Gasteiger charge is -2.28. The van der Waals surface area contributed by atoms with Gasteiger partial charge in [0.1, 0.15) is 5.75 Å². The summed E-state index contributed by atoms with van der Waals surface area (Å²) in [6.45, 7) is 0.919. The van der Waals surface area contributed by atoms with Gasteiger partial charge in [-0.2, -0.15) is 0 Å². The molecular weight excluding hydrogens is 498 g/mol. The van der Waals surface area contributed by atoms with Gasteiger partial charge in [-0.15, -0.1) is 0 Å². The highest BCUT2D eigenvalue weighted by Gasteiger charge is 2.27. The number of nitrogens with zero attached hydrogens (tertiary/aromatic N) is 3. The van der Waals surface area contributed by atoms with Gasteiger partial charge in [0, 0.05) is 43.6 Å². The minimum atomic E-state index is -3.75. The lowest BCUT2D eigenvalue weighted by Crippen LogP contribution is -2.36. The maximum Gasteiger partial charge on any atom is 0.264 e. The van der Waals surface area contributed by atoms with Crippen molar-refractivity contribution >= 4 is 44.6 Å². The maximum atomic E-state index is 13.3. The summed E-state index contributed by atoms with van der Waals surface area (Å²) < 4.78 is 33.5. The zero-order valence-corrected chi connectivity index (χ0v) is 21.8. The molecule has 36 heavy (non-hydrogen) atoms. The molecule has 2 aliphatic heterocycles. The Bertz CT molecular complexity index is 1430. The number of hydrogen-bond donors (Lipinski definition) is 0. The molecule has 0 aromatic heterocycles. The number of aryl methyl sites for hydroxylation is 2. The number of fused-ring (bicyclic) bond motifs is 3. The first-order valence-electron chi connectivity index (χ1n) is 11.9. The summed E-state index contributed by atoms with van der Waals surface area (Å²) >= 11 is 6.36. The Balaban J connectivity index is 1.35. The molecule has 0 N–H and O–H groups in total. The average molecular weight is 526 g/mol. The number of sulfonamides is 1. The summed E-state index contributed by atoms with van der Waals surface area (Å²) in [5, 5.41) is 0.678. The van der Waals surface area contributed by atoms with Crippen molar-refractivity contribution in [2.75, 3.05) is 43.6 Å². The van der Waals surface area contributed by atoms with Crippen LogP contribution in [0.25, 0.3) is 0 Å². The van der Waals surface area contributed by atoms with Crippen LogP contribution in [-0.4, -0.2) is 52.4 Å². The van der Waals surface area contributed by atoms with Gasteiger partial charge in [0.05, 0.1) is 10.6 Å². The fourth-order valence-electron chi connectivity index (χ4n) is 4.79. The van der Waals surface area contributed by atoms with Crippen molar-refractivity contribution in [2.45, 2.75) is 24.2 Å². The van der Waals surface area contributed by atoms with E-state index in [4.69, 9.17) is 16.3 Å². The van der Waals surface area contributed by atoms with E-state index in [1.54, 1.807) is 20.2 Å². The summed E-state index contributed by atoms with van der Waals surface area (Å²) in [6.07, 6.45) is 2.48. The van der Waals surface area contributed by atoms with Gasteiger partial charge in [0.15, 0.2) is 6.61 Å². The van der Waals surface area contributed by atoms with Crippen molar-refractivity contribution in [1.82, 2.24) is 4.31 Å². The number of benzene rings is 3. The van der Waals surface area contributed by atoms with Gasteiger partial charge in [-0.1, -0.05) is 35.9 Å². The van der Waals surface area contributed by atoms with Crippen LogP contribution in [0.4, 0.5) is 17.1 Å². The van der Waals surface area contributed by atoms with Gasteiger partial charge in [-0.05, 0) is 66.8 Å². The monoisotopic (exact) mass is 525 g/mol. The molecule has 0 bridgehead atoms. The normalized spacial score (nSPS) is 15.2. The first kappa shape index (κ1) is 24.6. The third-order valence-corrected chi connectivity index (χ3v) is 8.95. The second-order valence-corrected chi connectivity index (χ2v) is 11.6. The van der Waals surface area contributed by atoms with E-state index in [2.05, 4.69) is 29.2 Å². The Hall–Kier alpha value is -3.07. The fourth-order valence-corrected chi connectivity index (χ4v) is 6.19. The van der Waals surface area contributed by atoms with Crippen LogP contribution in [0.5, 0.6) is 5.75 Å². The van der Waals surface area contributed by atoms with Gasteiger partial charge < -0.3 is 14.5 Å². The topological polar surface area (TPSA) is 70.2 Å². The lowest BCUT2D eigenvalue weighted by molar-refractivity contribution is -0.121. The van der Waals surface area contributed by atoms with E-state index >= 15 is 0 Å². The van der Waals surface area contributed by atoms with Crippen LogP contribution in [0.2, 0.25) is 5.02 Å². The number of carbonyl (C=O) groups is 1. The van der Waals surface area contributed by atoms with Crippen LogP contribution in [0.3, 0.4) is 0 Å². The third kappa shape index (κ3) is 4.56. The molecule has 0 saturated carbocycles. The number of ether oxygens (including phenoxy) is 1. The Labute approximate surface area is 216 Å². The molecule has 1 amide bonds. The van der Waals surface area contributed by atoms with E-state index in [0.717, 1.165) is 24.2 Å². The first-order chi connectivity index (χ1) is 17.3. The standard InChI is InChI=1S/C27H28ClN3O4S/c1-29(36(33,34)22-12-13-26-25(17-22)30(2)27(32)18-35-26)14-5-15-31-23-7-4-3-6-19(23)8-9-20-10-11-21(28)16-24(20)31/h3-4,6-7,10-13,16-17H,5,8-9,14-15,18H2,1-2H3. The smallest absolute Gasteiger partial charge is 0.264 e. The predicted molar refractivity (Wildman–Crippen MR) is 142 cm³/mol. The highest BCUT2D eigenvalue weighted by molar-refractivity contribution is 7.89. The number of carbonyl (C=O) groups excluding carboxylic acids is 1. The molecule has 3 aromatic rings. The van der Waals surface area contributed by atoms with Crippen LogP contribution < -0.4 is 14.5 Å². The van der Waals surface area contributed by atoms with E-state index < -0.39 is 10.0 Å². The van der Waals surface area contributed by atoms with E-state index in [9.17, 15) is 13.2 Å². The number of hydrogen-bond acceptors (Lipinski definition) is 5. The quantitative estimate of drug-likeness (QED) is 0.469. The molecule has 7 nitrogen and oxygen atoms in total. The summed E-state index contributed by atoms with van der Waals surface area (Å²) in [5.74, 6) is 0.277. The molecular formula is C27H28ClN3O4S. The van der Waals surface area contributed by atoms with E-state index in [-0.39, 0.29) is 17.4 Å². The largest absolute Gasteiger partial charge is 0.482 e. The molecule has 0 unspecified atom stereocenters. The zero-order chi connectivity index (χ0) is 25.4. The van der Waals surface area contributed by atoms with Crippen molar-refractivity contribution in [3.8, 4) is 5.75 Å². The minimum absolute atomic E-state index is 0.0521. The Morgan fingerprint density at radius 2 is 1.72 bits per heavy atom. The van der Waals surface area contributed by atoms with Crippen molar-refractivity contribution in [1.29, 1.82) is 0 Å². The number of amides is 1.